The van der Waals surface area contributed by atoms with Gasteiger partial charge >= 0.3 is 0 Å². The number of benzene rings is 1. The predicted octanol–water partition coefficient (Wildman–Crippen LogP) is 2.63. The maximum Gasteiger partial charge on any atom is 0.287 e. The van der Waals surface area contributed by atoms with Crippen LogP contribution < -0.4 is 5.32 Å². The van der Waals surface area contributed by atoms with Crippen LogP contribution in [-0.2, 0) is 21.3 Å². The van der Waals surface area contributed by atoms with Crippen LogP contribution in [0.3, 0.4) is 0 Å². The second-order valence-electron chi connectivity index (χ2n) is 8.93. The molecule has 1 aromatic heterocycles. The number of nitrogens with zero attached hydrogens (tertiary/aromatic N) is 2. The van der Waals surface area contributed by atoms with E-state index < -0.39 is 15.9 Å². The minimum atomic E-state index is -3.73. The molecule has 1 N–H and O–H groups in total. The number of ether oxygens (including phenoxy) is 1. The second kappa shape index (κ2) is 10.3. The van der Waals surface area contributed by atoms with Gasteiger partial charge in [0.25, 0.3) is 21.8 Å². The SMILES string of the molecule is CC1CN(C(=O)c2ccc(CNC(=O)c3ccc(S(=O)(=O)N4CCCCC4)o3)cc2)CC(C)O1. The van der Waals surface area contributed by atoms with Crippen LogP contribution in [0.5, 0.6) is 0 Å². The van der Waals surface area contributed by atoms with Crippen molar-refractivity contribution in [1.29, 1.82) is 0 Å². The van der Waals surface area contributed by atoms with Gasteiger partial charge in [-0.15, -0.1) is 0 Å². The van der Waals surface area contributed by atoms with Gasteiger partial charge in [0.15, 0.2) is 5.76 Å². The van der Waals surface area contributed by atoms with Gasteiger partial charge in [0, 0.05) is 38.3 Å². The van der Waals surface area contributed by atoms with Gasteiger partial charge < -0.3 is 19.4 Å². The van der Waals surface area contributed by atoms with Crippen LogP contribution in [0.15, 0.2) is 45.9 Å². The number of piperidine rings is 1. The van der Waals surface area contributed by atoms with E-state index in [0.717, 1.165) is 24.8 Å². The molecule has 0 aliphatic carbocycles. The molecule has 2 atom stereocenters. The van der Waals surface area contributed by atoms with Gasteiger partial charge in [-0.1, -0.05) is 18.6 Å². The molecule has 2 amide bonds. The summed E-state index contributed by atoms with van der Waals surface area (Å²) in [6.45, 7) is 6.16. The van der Waals surface area contributed by atoms with E-state index in [0.29, 0.717) is 31.7 Å². The third-order valence-corrected chi connectivity index (χ3v) is 7.85. The summed E-state index contributed by atoms with van der Waals surface area (Å²) in [7, 11) is -3.73. The van der Waals surface area contributed by atoms with Gasteiger partial charge in [-0.3, -0.25) is 9.59 Å². The second-order valence-corrected chi connectivity index (χ2v) is 10.8. The summed E-state index contributed by atoms with van der Waals surface area (Å²) < 4.78 is 37.9. The quantitative estimate of drug-likeness (QED) is 0.668. The van der Waals surface area contributed by atoms with E-state index in [1.807, 2.05) is 13.8 Å². The largest absolute Gasteiger partial charge is 0.438 e. The van der Waals surface area contributed by atoms with Gasteiger partial charge in [-0.2, -0.15) is 4.31 Å². The smallest absolute Gasteiger partial charge is 0.287 e. The normalized spacial score (nSPS) is 21.9. The van der Waals surface area contributed by atoms with E-state index in [2.05, 4.69) is 5.32 Å². The molecule has 9 nitrogen and oxygen atoms in total. The number of carbonyl (C=O) groups is 2. The molecule has 2 fully saturated rings. The first-order valence-corrected chi connectivity index (χ1v) is 13.1. The molecular formula is C24H31N3O6S. The molecule has 2 aliphatic heterocycles. The molecule has 10 heteroatoms. The lowest BCUT2D eigenvalue weighted by Gasteiger charge is -2.35. The van der Waals surface area contributed by atoms with Crippen molar-refractivity contribution in [3.63, 3.8) is 0 Å². The van der Waals surface area contributed by atoms with Crippen LogP contribution in [0, 0.1) is 0 Å². The first kappa shape index (κ1) is 24.4. The minimum Gasteiger partial charge on any atom is -0.438 e. The summed E-state index contributed by atoms with van der Waals surface area (Å²) in [6, 6.07) is 9.75. The van der Waals surface area contributed by atoms with Crippen molar-refractivity contribution in [2.75, 3.05) is 26.2 Å². The topological polar surface area (TPSA) is 109 Å². The molecule has 1 aromatic carbocycles. The van der Waals surface area contributed by atoms with Crippen molar-refractivity contribution in [2.24, 2.45) is 0 Å². The minimum absolute atomic E-state index is 0.000794. The number of hydrogen-bond acceptors (Lipinski definition) is 6. The van der Waals surface area contributed by atoms with Crippen LogP contribution >= 0.6 is 0 Å². The first-order chi connectivity index (χ1) is 16.2. The third kappa shape index (κ3) is 5.51. The molecular weight excluding hydrogens is 458 g/mol. The third-order valence-electron chi connectivity index (χ3n) is 6.08. The highest BCUT2D eigenvalue weighted by Gasteiger charge is 2.30. The molecule has 0 spiro atoms. The Morgan fingerprint density at radius 1 is 0.971 bits per heavy atom. The van der Waals surface area contributed by atoms with E-state index in [1.165, 1.54) is 16.4 Å². The number of nitrogens with one attached hydrogen (secondary N) is 1. The summed E-state index contributed by atoms with van der Waals surface area (Å²) in [4.78, 5) is 27.1. The average molecular weight is 490 g/mol. The Kier molecular flexibility index (Phi) is 7.39. The monoisotopic (exact) mass is 489 g/mol. The summed E-state index contributed by atoms with van der Waals surface area (Å²) in [5.41, 5.74) is 1.39. The number of rotatable bonds is 6. The fourth-order valence-electron chi connectivity index (χ4n) is 4.37. The number of carbonyl (C=O) groups excluding carboxylic acids is 2. The highest BCUT2D eigenvalue weighted by molar-refractivity contribution is 7.89. The van der Waals surface area contributed by atoms with Crippen molar-refractivity contribution in [3.8, 4) is 0 Å². The zero-order valence-corrected chi connectivity index (χ0v) is 20.3. The standard InChI is InChI=1S/C24H31N3O6S/c1-17-15-26(16-18(2)32-17)24(29)20-8-6-19(7-9-20)14-25-23(28)21-10-11-22(33-21)34(30,31)27-12-4-3-5-13-27/h6-11,17-18H,3-5,12-16H2,1-2H3,(H,25,28). The number of furan rings is 1. The summed E-state index contributed by atoms with van der Waals surface area (Å²) in [5, 5.41) is 2.52. The summed E-state index contributed by atoms with van der Waals surface area (Å²) >= 11 is 0. The van der Waals surface area contributed by atoms with Gasteiger partial charge in [0.2, 0.25) is 5.09 Å². The van der Waals surface area contributed by atoms with Crippen molar-refractivity contribution >= 4 is 21.8 Å². The number of sulfonamides is 1. The Morgan fingerprint density at radius 2 is 1.62 bits per heavy atom. The molecule has 0 bridgehead atoms. The average Bonchev–Trinajstić information content (AvgIpc) is 3.34. The van der Waals surface area contributed by atoms with E-state index >= 15 is 0 Å². The molecule has 2 aliphatic rings. The molecule has 34 heavy (non-hydrogen) atoms. The van der Waals surface area contributed by atoms with Crippen molar-refractivity contribution in [1.82, 2.24) is 14.5 Å². The zero-order chi connectivity index (χ0) is 24.3. The maximum absolute atomic E-state index is 12.8. The van der Waals surface area contributed by atoms with Crippen molar-refractivity contribution in [3.05, 3.63) is 53.3 Å². The molecule has 0 radical (unpaired) electrons. The highest BCUT2D eigenvalue weighted by atomic mass is 32.2. The maximum atomic E-state index is 12.8. The first-order valence-electron chi connectivity index (χ1n) is 11.7. The Morgan fingerprint density at radius 3 is 2.26 bits per heavy atom. The van der Waals surface area contributed by atoms with Crippen molar-refractivity contribution in [2.45, 2.75) is 57.0 Å². The molecule has 0 saturated carbocycles. The van der Waals surface area contributed by atoms with Crippen LogP contribution in [0.25, 0.3) is 0 Å². The van der Waals surface area contributed by atoms with Crippen LogP contribution in [0.4, 0.5) is 0 Å². The van der Waals surface area contributed by atoms with Gasteiger partial charge in [0.05, 0.1) is 12.2 Å². The Bertz CT molecular complexity index is 1110. The number of amides is 2. The van der Waals surface area contributed by atoms with E-state index in [9.17, 15) is 18.0 Å². The van der Waals surface area contributed by atoms with E-state index in [4.69, 9.17) is 9.15 Å². The highest BCUT2D eigenvalue weighted by Crippen LogP contribution is 2.22. The van der Waals surface area contributed by atoms with Crippen LogP contribution in [0.1, 0.15) is 59.6 Å². The van der Waals surface area contributed by atoms with E-state index in [1.54, 1.807) is 29.2 Å². The van der Waals surface area contributed by atoms with Gasteiger partial charge in [-0.05, 0) is 56.5 Å². The summed E-state index contributed by atoms with van der Waals surface area (Å²) in [5.74, 6) is -0.606. The lowest BCUT2D eigenvalue weighted by Crippen LogP contribution is -2.48. The molecule has 2 saturated heterocycles. The molecule has 184 valence electrons. The van der Waals surface area contributed by atoms with Gasteiger partial charge in [0.1, 0.15) is 0 Å². The van der Waals surface area contributed by atoms with Crippen LogP contribution in [-0.4, -0.2) is 67.8 Å². The Hall–Kier alpha value is -2.69. The van der Waals surface area contributed by atoms with E-state index in [-0.39, 0.29) is 35.5 Å². The molecule has 4 rings (SSSR count). The van der Waals surface area contributed by atoms with Crippen LogP contribution in [0.2, 0.25) is 0 Å². The fraction of sp³-hybridized carbons (Fsp3) is 0.500. The van der Waals surface area contributed by atoms with Crippen molar-refractivity contribution < 1.29 is 27.2 Å². The fourth-order valence-corrected chi connectivity index (χ4v) is 5.80. The lowest BCUT2D eigenvalue weighted by molar-refractivity contribution is -0.0586. The van der Waals surface area contributed by atoms with Gasteiger partial charge in [-0.25, -0.2) is 8.42 Å². The molecule has 2 unspecified atom stereocenters. The Balaban J connectivity index is 1.33. The summed E-state index contributed by atoms with van der Waals surface area (Å²) in [6.07, 6.45) is 2.65. The zero-order valence-electron chi connectivity index (χ0n) is 19.5. The molecule has 3 heterocycles. The number of hydrogen-bond donors (Lipinski definition) is 1. The number of morpholine rings is 1. The predicted molar refractivity (Wildman–Crippen MR) is 125 cm³/mol. The lowest BCUT2D eigenvalue weighted by atomic mass is 10.1. The Labute approximate surface area is 200 Å². The molecule has 2 aromatic rings.